The molecule has 1 saturated carbocycles. The van der Waals surface area contributed by atoms with Crippen molar-refractivity contribution in [3.8, 4) is 17.2 Å². The van der Waals surface area contributed by atoms with Crippen LogP contribution in [0.2, 0.25) is 0 Å². The lowest BCUT2D eigenvalue weighted by Crippen LogP contribution is -2.70. The van der Waals surface area contributed by atoms with E-state index in [1.54, 1.807) is 11.0 Å². The lowest BCUT2D eigenvalue weighted by Gasteiger charge is -2.59. The third kappa shape index (κ3) is 10.3. The van der Waals surface area contributed by atoms with Crippen molar-refractivity contribution in [2.75, 3.05) is 52.6 Å². The summed E-state index contributed by atoms with van der Waals surface area (Å²) < 4.78 is 26.7. The Morgan fingerprint density at radius 3 is 2.47 bits per heavy atom. The fourth-order valence-corrected chi connectivity index (χ4v) is 9.49. The summed E-state index contributed by atoms with van der Waals surface area (Å²) >= 11 is 0. The number of carbonyl (C=O) groups excluding carboxylic acids is 1. The molecular formula is C48H60N4O10. The fourth-order valence-electron chi connectivity index (χ4n) is 9.49. The van der Waals surface area contributed by atoms with Crippen LogP contribution in [-0.4, -0.2) is 101 Å². The Morgan fingerprint density at radius 2 is 1.77 bits per heavy atom. The molecule has 1 amide bonds. The van der Waals surface area contributed by atoms with Crippen molar-refractivity contribution >= 4 is 17.5 Å². The topological polar surface area (TPSA) is 165 Å². The van der Waals surface area contributed by atoms with E-state index in [2.05, 4.69) is 23.6 Å². The Hall–Kier alpha value is -5.28. The first kappa shape index (κ1) is 44.8. The van der Waals surface area contributed by atoms with E-state index in [0.29, 0.717) is 37.3 Å². The molecule has 3 aromatic carbocycles. The number of allylic oxidation sites excluding steroid dienone is 1. The molecule has 4 aliphatic rings. The number of unbranched alkanes of at least 4 members (excludes halogenated alkanes) is 2. The fraction of sp³-hybridized carbons (Fsp3) is 0.500. The molecule has 0 aromatic heterocycles. The number of hydrogen-bond acceptors (Lipinski definition) is 12. The van der Waals surface area contributed by atoms with Crippen molar-refractivity contribution in [1.82, 2.24) is 9.80 Å². The summed E-state index contributed by atoms with van der Waals surface area (Å²) in [6, 6.07) is 20.4. The number of benzene rings is 3. The molecule has 14 heteroatoms. The number of non-ortho nitro benzene ring substituents is 1. The van der Waals surface area contributed by atoms with Crippen LogP contribution < -0.4 is 14.2 Å². The van der Waals surface area contributed by atoms with E-state index >= 15 is 0 Å². The molecule has 62 heavy (non-hydrogen) atoms. The summed E-state index contributed by atoms with van der Waals surface area (Å²) in [7, 11) is 0. The maximum atomic E-state index is 14.6. The average molecular weight is 853 g/mol. The normalized spacial score (nSPS) is 24.2. The van der Waals surface area contributed by atoms with Crippen molar-refractivity contribution in [1.29, 1.82) is 0 Å². The van der Waals surface area contributed by atoms with Crippen LogP contribution in [0.4, 0.5) is 10.5 Å². The van der Waals surface area contributed by atoms with Crippen LogP contribution in [0, 0.1) is 27.9 Å². The van der Waals surface area contributed by atoms with Crippen LogP contribution in [0.1, 0.15) is 75.3 Å². The summed E-state index contributed by atoms with van der Waals surface area (Å²) in [6.07, 6.45) is 8.65. The first-order valence-corrected chi connectivity index (χ1v) is 22.1. The van der Waals surface area contributed by atoms with Gasteiger partial charge in [-0.05, 0) is 85.4 Å². The van der Waals surface area contributed by atoms with Gasteiger partial charge in [0, 0.05) is 69.4 Å². The van der Waals surface area contributed by atoms with Gasteiger partial charge in [0.1, 0.15) is 36.5 Å². The smallest absolute Gasteiger partial charge is 0.415 e. The predicted molar refractivity (Wildman–Crippen MR) is 234 cm³/mol. The van der Waals surface area contributed by atoms with Crippen LogP contribution >= 0.6 is 0 Å². The molecule has 0 radical (unpaired) electrons. The van der Waals surface area contributed by atoms with Crippen LogP contribution in [0.5, 0.6) is 17.2 Å². The number of nitro benzene ring substituents is 1. The second-order valence-electron chi connectivity index (χ2n) is 16.5. The first-order chi connectivity index (χ1) is 30.3. The van der Waals surface area contributed by atoms with Crippen molar-refractivity contribution in [2.45, 2.75) is 82.6 Å². The van der Waals surface area contributed by atoms with Gasteiger partial charge in [0.05, 0.1) is 23.2 Å². The number of rotatable bonds is 23. The highest BCUT2D eigenvalue weighted by molar-refractivity contribution is 6.03. The van der Waals surface area contributed by atoms with Gasteiger partial charge in [-0.25, -0.2) is 4.79 Å². The Bertz CT molecular complexity index is 2040. The van der Waals surface area contributed by atoms with Crippen molar-refractivity contribution < 1.29 is 43.7 Å². The van der Waals surface area contributed by atoms with Gasteiger partial charge in [-0.2, -0.15) is 0 Å². The SMILES string of the molecule is C=CCO[C@@]12Oc3ccc(OCCN4CC4)cc3[C@H]3[C@H](CCCCO)[C@@H](CCCCO)C=C(C(=NOCc4ccccc4)C[C@@H]1N(CCC)C(=O)Oc1ccc([N+](=O)[O-])cc1)[C@H]32. The maximum absolute atomic E-state index is 14.6. The number of fused-ring (bicyclic) bond motifs is 2. The minimum atomic E-state index is -1.47. The van der Waals surface area contributed by atoms with Gasteiger partial charge < -0.3 is 34.0 Å². The number of oxime groups is 1. The van der Waals surface area contributed by atoms with Gasteiger partial charge >= 0.3 is 6.09 Å². The molecule has 332 valence electrons. The molecule has 1 saturated heterocycles. The van der Waals surface area contributed by atoms with Crippen molar-refractivity contribution in [3.63, 3.8) is 0 Å². The maximum Gasteiger partial charge on any atom is 0.415 e. The van der Waals surface area contributed by atoms with Gasteiger partial charge in [-0.15, -0.1) is 6.58 Å². The highest BCUT2D eigenvalue weighted by Crippen LogP contribution is 2.62. The van der Waals surface area contributed by atoms with Crippen LogP contribution in [-0.2, 0) is 16.2 Å². The number of ether oxygens (including phenoxy) is 4. The standard InChI is InChI=1S/C48H60N4O10/c1-3-22-51(47(55)61-37-18-16-36(17-19-37)52(56)57)44-32-42(49-60-33-34-12-6-5-7-13-34)40-30-35(14-8-10-26-53)39(15-9-11-27-54)45-41-31-38(58-29-25-50-23-24-50)20-21-43(41)62-48(44,46(40)45)59-28-4-2/h4-7,12-13,16-21,30-31,35,39,44-46,53-54H,2-3,8-11,14-15,22-29,32-33H2,1H3/t35-,39+,44-,45+,46+,48+/m0/s1. The van der Waals surface area contributed by atoms with E-state index < -0.39 is 28.8 Å². The molecule has 0 bridgehead atoms. The van der Waals surface area contributed by atoms with E-state index in [1.807, 2.05) is 49.4 Å². The zero-order valence-electron chi connectivity index (χ0n) is 35.6. The minimum Gasteiger partial charge on any atom is -0.492 e. The molecule has 2 aliphatic heterocycles. The number of carbonyl (C=O) groups is 1. The highest BCUT2D eigenvalue weighted by Gasteiger charge is 2.65. The zero-order valence-corrected chi connectivity index (χ0v) is 35.6. The number of nitro groups is 1. The first-order valence-electron chi connectivity index (χ1n) is 22.1. The second kappa shape index (κ2) is 21.2. The van der Waals surface area contributed by atoms with Gasteiger partial charge in [0.15, 0.2) is 0 Å². The number of nitrogens with zero attached hydrogens (tertiary/aromatic N) is 4. The molecule has 2 fully saturated rings. The molecule has 7 rings (SSSR count). The molecular weight excluding hydrogens is 793 g/mol. The summed E-state index contributed by atoms with van der Waals surface area (Å²) in [5.41, 5.74) is 3.40. The molecule has 14 nitrogen and oxygen atoms in total. The average Bonchev–Trinajstić information content (AvgIpc) is 4.11. The van der Waals surface area contributed by atoms with Crippen LogP contribution in [0.15, 0.2) is 102 Å². The molecule has 2 aliphatic carbocycles. The Kier molecular flexibility index (Phi) is 15.3. The molecule has 3 aromatic rings. The summed E-state index contributed by atoms with van der Waals surface area (Å²) in [4.78, 5) is 35.7. The third-order valence-electron chi connectivity index (χ3n) is 12.4. The Balaban J connectivity index is 1.39. The quantitative estimate of drug-likeness (QED) is 0.0312. The lowest BCUT2D eigenvalue weighted by molar-refractivity contribution is -0.384. The molecule has 6 atom stereocenters. The minimum absolute atomic E-state index is 0.0492. The Labute approximate surface area is 363 Å². The van der Waals surface area contributed by atoms with Crippen molar-refractivity contribution in [3.05, 3.63) is 118 Å². The lowest BCUT2D eigenvalue weighted by atomic mass is 9.55. The van der Waals surface area contributed by atoms with E-state index in [1.165, 1.54) is 24.3 Å². The van der Waals surface area contributed by atoms with E-state index in [-0.39, 0.29) is 68.6 Å². The third-order valence-corrected chi connectivity index (χ3v) is 12.4. The van der Waals surface area contributed by atoms with Crippen LogP contribution in [0.3, 0.4) is 0 Å². The molecule has 0 spiro atoms. The van der Waals surface area contributed by atoms with Gasteiger partial charge in [0.25, 0.3) is 5.69 Å². The summed E-state index contributed by atoms with van der Waals surface area (Å²) in [5.74, 6) is -0.537. The van der Waals surface area contributed by atoms with E-state index in [9.17, 15) is 25.1 Å². The van der Waals surface area contributed by atoms with E-state index in [4.69, 9.17) is 28.9 Å². The number of hydrogen-bond donors (Lipinski definition) is 2. The van der Waals surface area contributed by atoms with E-state index in [0.717, 1.165) is 67.8 Å². The number of aliphatic hydroxyl groups excluding tert-OH is 2. The summed E-state index contributed by atoms with van der Waals surface area (Å²) in [6.45, 7) is 10.3. The zero-order chi connectivity index (χ0) is 43.5. The Morgan fingerprint density at radius 1 is 1.03 bits per heavy atom. The van der Waals surface area contributed by atoms with Crippen LogP contribution in [0.25, 0.3) is 0 Å². The number of aliphatic hydroxyl groups is 2. The largest absolute Gasteiger partial charge is 0.492 e. The molecule has 2 N–H and O–H groups in total. The monoisotopic (exact) mass is 852 g/mol. The molecule has 2 heterocycles. The second-order valence-corrected chi connectivity index (χ2v) is 16.5. The van der Waals surface area contributed by atoms with Gasteiger partial charge in [0.2, 0.25) is 5.79 Å². The highest BCUT2D eigenvalue weighted by atomic mass is 16.7. The number of amides is 1. The molecule has 0 unspecified atom stereocenters. The van der Waals surface area contributed by atoms with Crippen molar-refractivity contribution in [2.24, 2.45) is 22.9 Å². The van der Waals surface area contributed by atoms with Gasteiger partial charge in [-0.1, -0.05) is 67.4 Å². The predicted octanol–water partition coefficient (Wildman–Crippen LogP) is 8.03. The summed E-state index contributed by atoms with van der Waals surface area (Å²) in [5, 5.41) is 36.2. The van der Waals surface area contributed by atoms with Gasteiger partial charge in [-0.3, -0.25) is 19.9 Å².